The lowest BCUT2D eigenvalue weighted by molar-refractivity contribution is -0.704. The smallest absolute Gasteiger partial charge is 0.195 e. The first kappa shape index (κ1) is 15.5. The predicted molar refractivity (Wildman–Crippen MR) is 77.4 cm³/mol. The van der Waals surface area contributed by atoms with Crippen LogP contribution in [0.3, 0.4) is 0 Å². The summed E-state index contributed by atoms with van der Waals surface area (Å²) in [6, 6.07) is 0. The molecule has 104 valence electrons. The summed E-state index contributed by atoms with van der Waals surface area (Å²) in [5.41, 5.74) is 3.14. The van der Waals surface area contributed by atoms with E-state index in [-0.39, 0.29) is 5.41 Å². The number of hydrogen-bond donors (Lipinski definition) is 1. The first-order chi connectivity index (χ1) is 8.42. The quantitative estimate of drug-likeness (QED) is 0.723. The molecule has 1 saturated heterocycles. The van der Waals surface area contributed by atoms with Crippen LogP contribution >= 0.6 is 0 Å². The van der Waals surface area contributed by atoms with Crippen molar-refractivity contribution in [2.45, 2.75) is 60.1 Å². The molecule has 0 radical (unpaired) electrons. The van der Waals surface area contributed by atoms with Gasteiger partial charge in [0.05, 0.1) is 0 Å². The van der Waals surface area contributed by atoms with Crippen LogP contribution in [0.2, 0.25) is 0 Å². The van der Waals surface area contributed by atoms with Gasteiger partial charge in [0.1, 0.15) is 13.2 Å². The molecule has 0 unspecified atom stereocenters. The van der Waals surface area contributed by atoms with Gasteiger partial charge in [0.2, 0.25) is 0 Å². The largest absolute Gasteiger partial charge is 0.323 e. The summed E-state index contributed by atoms with van der Waals surface area (Å²) < 4.78 is 5.77. The van der Waals surface area contributed by atoms with Gasteiger partial charge >= 0.3 is 0 Å². The van der Waals surface area contributed by atoms with Crippen molar-refractivity contribution in [2.24, 2.45) is 5.41 Å². The van der Waals surface area contributed by atoms with Gasteiger partial charge < -0.3 is 10.1 Å². The Labute approximate surface area is 112 Å². The Kier molecular flexibility index (Phi) is 6.10. The normalized spacial score (nSPS) is 21.2. The molecule has 2 heteroatoms. The van der Waals surface area contributed by atoms with E-state index in [1.807, 2.05) is 0 Å². The molecule has 1 aliphatic rings. The van der Waals surface area contributed by atoms with Crippen LogP contribution in [-0.4, -0.2) is 19.4 Å². The molecular formula is C16H30NO+. The van der Waals surface area contributed by atoms with Crippen LogP contribution in [-0.2, 0) is 4.74 Å². The van der Waals surface area contributed by atoms with Crippen LogP contribution < -0.4 is 5.32 Å². The molecule has 0 spiro atoms. The van der Waals surface area contributed by atoms with E-state index in [9.17, 15) is 0 Å². The van der Waals surface area contributed by atoms with E-state index in [4.69, 9.17) is 4.74 Å². The van der Waals surface area contributed by atoms with Crippen LogP contribution in [0.15, 0.2) is 23.3 Å². The molecule has 2 N–H and O–H groups in total. The maximum Gasteiger partial charge on any atom is 0.195 e. The first-order valence-electron chi connectivity index (χ1n) is 7.16. The van der Waals surface area contributed by atoms with Crippen LogP contribution in [0.4, 0.5) is 0 Å². The summed E-state index contributed by atoms with van der Waals surface area (Å²) in [7, 11) is 0. The molecule has 0 aromatic rings. The standard InChI is InChI=1S/C16H29NO/c1-13(2)7-6-8-14(3)9-10-16(4,5)15-17-11-12-18-15/h7,9,15,17H,6,8,10-12H2,1-5H3/p+1/b14-9+/t15-/m1/s1. The second-order valence-electron chi connectivity index (χ2n) is 6.38. The Morgan fingerprint density at radius 2 is 2.00 bits per heavy atom. The van der Waals surface area contributed by atoms with Gasteiger partial charge in [-0.1, -0.05) is 37.1 Å². The van der Waals surface area contributed by atoms with Crippen molar-refractivity contribution in [3.63, 3.8) is 0 Å². The van der Waals surface area contributed by atoms with Gasteiger partial charge in [-0.25, -0.2) is 0 Å². The van der Waals surface area contributed by atoms with E-state index in [2.05, 4.69) is 52.1 Å². The topological polar surface area (TPSA) is 25.8 Å². The zero-order valence-corrected chi connectivity index (χ0v) is 12.8. The third-order valence-corrected chi connectivity index (χ3v) is 3.63. The Hall–Kier alpha value is -0.600. The molecule has 1 heterocycles. The summed E-state index contributed by atoms with van der Waals surface area (Å²) in [6.07, 6.45) is 8.49. The lowest BCUT2D eigenvalue weighted by Crippen LogP contribution is -2.89. The fourth-order valence-electron chi connectivity index (χ4n) is 2.27. The Morgan fingerprint density at radius 1 is 1.28 bits per heavy atom. The average Bonchev–Trinajstić information content (AvgIpc) is 2.80. The van der Waals surface area contributed by atoms with Crippen molar-refractivity contribution < 1.29 is 10.1 Å². The number of ether oxygens (including phenoxy) is 1. The minimum atomic E-state index is 0.230. The van der Waals surface area contributed by atoms with Crippen LogP contribution in [0.1, 0.15) is 53.9 Å². The highest BCUT2D eigenvalue weighted by molar-refractivity contribution is 5.03. The fourth-order valence-corrected chi connectivity index (χ4v) is 2.27. The average molecular weight is 252 g/mol. The molecule has 0 bridgehead atoms. The lowest BCUT2D eigenvalue weighted by Gasteiger charge is -2.26. The number of allylic oxidation sites excluding steroid dienone is 4. The van der Waals surface area contributed by atoms with Gasteiger partial charge in [0.15, 0.2) is 6.23 Å². The second kappa shape index (κ2) is 7.10. The fraction of sp³-hybridized carbons (Fsp3) is 0.750. The molecule has 0 amide bonds. The highest BCUT2D eigenvalue weighted by Gasteiger charge is 2.35. The zero-order valence-electron chi connectivity index (χ0n) is 12.8. The van der Waals surface area contributed by atoms with E-state index >= 15 is 0 Å². The van der Waals surface area contributed by atoms with E-state index in [0.29, 0.717) is 6.23 Å². The van der Waals surface area contributed by atoms with E-state index < -0.39 is 0 Å². The maximum absolute atomic E-state index is 5.77. The number of nitrogens with two attached hydrogens (primary N) is 1. The predicted octanol–water partition coefficient (Wildman–Crippen LogP) is 3.02. The zero-order chi connectivity index (χ0) is 13.6. The maximum atomic E-state index is 5.77. The minimum absolute atomic E-state index is 0.230. The van der Waals surface area contributed by atoms with Gasteiger partial charge in [-0.2, -0.15) is 0 Å². The summed E-state index contributed by atoms with van der Waals surface area (Å²) in [6.45, 7) is 13.2. The first-order valence-corrected chi connectivity index (χ1v) is 7.16. The monoisotopic (exact) mass is 252 g/mol. The highest BCUT2D eigenvalue weighted by atomic mass is 16.5. The molecule has 1 aliphatic heterocycles. The van der Waals surface area contributed by atoms with E-state index in [1.165, 1.54) is 17.6 Å². The van der Waals surface area contributed by atoms with Gasteiger partial charge in [0, 0.05) is 5.41 Å². The summed E-state index contributed by atoms with van der Waals surface area (Å²) >= 11 is 0. The van der Waals surface area contributed by atoms with Crippen molar-refractivity contribution in [1.29, 1.82) is 0 Å². The van der Waals surface area contributed by atoms with Crippen LogP contribution in [0.5, 0.6) is 0 Å². The molecule has 0 aromatic heterocycles. The number of hydrogen-bond acceptors (Lipinski definition) is 1. The minimum Gasteiger partial charge on any atom is -0.323 e. The summed E-state index contributed by atoms with van der Waals surface area (Å²) in [4.78, 5) is 0. The van der Waals surface area contributed by atoms with E-state index in [0.717, 1.165) is 26.0 Å². The lowest BCUT2D eigenvalue weighted by atomic mass is 9.86. The SMILES string of the molecule is CC(C)=CCC/C(C)=C/CC(C)(C)[C@@H]1[NH2+]CCO1. The van der Waals surface area contributed by atoms with Gasteiger partial charge in [-0.05, 0) is 40.0 Å². The molecule has 2 nitrogen and oxygen atoms in total. The molecule has 1 rings (SSSR count). The molecular weight excluding hydrogens is 222 g/mol. The Balaban J connectivity index is 2.38. The molecule has 18 heavy (non-hydrogen) atoms. The van der Waals surface area contributed by atoms with Crippen LogP contribution in [0, 0.1) is 5.41 Å². The van der Waals surface area contributed by atoms with E-state index in [1.54, 1.807) is 0 Å². The van der Waals surface area contributed by atoms with Gasteiger partial charge in [0.25, 0.3) is 0 Å². The van der Waals surface area contributed by atoms with Gasteiger partial charge in [-0.15, -0.1) is 0 Å². The Morgan fingerprint density at radius 3 is 2.56 bits per heavy atom. The molecule has 0 aliphatic carbocycles. The Bertz CT molecular complexity index is 305. The van der Waals surface area contributed by atoms with Crippen LogP contribution in [0.25, 0.3) is 0 Å². The highest BCUT2D eigenvalue weighted by Crippen LogP contribution is 2.26. The van der Waals surface area contributed by atoms with Crippen molar-refractivity contribution in [3.8, 4) is 0 Å². The van der Waals surface area contributed by atoms with Crippen molar-refractivity contribution in [2.75, 3.05) is 13.2 Å². The van der Waals surface area contributed by atoms with Gasteiger partial charge in [-0.3, -0.25) is 0 Å². The van der Waals surface area contributed by atoms with Crippen molar-refractivity contribution >= 4 is 0 Å². The number of quaternary nitrogens is 1. The number of rotatable bonds is 6. The second-order valence-corrected chi connectivity index (χ2v) is 6.38. The summed E-state index contributed by atoms with van der Waals surface area (Å²) in [5.74, 6) is 0. The third-order valence-electron chi connectivity index (χ3n) is 3.63. The van der Waals surface area contributed by atoms with Crippen molar-refractivity contribution in [1.82, 2.24) is 0 Å². The molecule has 1 fully saturated rings. The molecule has 0 saturated carbocycles. The molecule has 1 atom stereocenters. The summed E-state index contributed by atoms with van der Waals surface area (Å²) in [5, 5.41) is 2.33. The molecule has 0 aromatic carbocycles. The van der Waals surface area contributed by atoms with Crippen molar-refractivity contribution in [3.05, 3.63) is 23.3 Å². The third kappa shape index (κ3) is 5.36.